The zero-order valence-corrected chi connectivity index (χ0v) is 11.5. The molecule has 0 bridgehead atoms. The highest BCUT2D eigenvalue weighted by atomic mass is 16.5. The van der Waals surface area contributed by atoms with Crippen LogP contribution in [0.4, 0.5) is 0 Å². The van der Waals surface area contributed by atoms with Gasteiger partial charge in [0, 0.05) is 25.7 Å². The van der Waals surface area contributed by atoms with E-state index in [1.165, 1.54) is 5.56 Å². The van der Waals surface area contributed by atoms with E-state index in [0.29, 0.717) is 13.0 Å². The highest BCUT2D eigenvalue weighted by molar-refractivity contribution is 5.16. The number of morpholine rings is 1. The van der Waals surface area contributed by atoms with Gasteiger partial charge in [0.05, 0.1) is 18.8 Å². The van der Waals surface area contributed by atoms with E-state index in [1.807, 2.05) is 30.3 Å². The Morgan fingerprint density at radius 2 is 2.16 bits per heavy atom. The summed E-state index contributed by atoms with van der Waals surface area (Å²) in [7, 11) is 0. The first kappa shape index (κ1) is 14.5. The third-order valence-electron chi connectivity index (χ3n) is 3.58. The van der Waals surface area contributed by atoms with Crippen molar-refractivity contribution in [3.8, 4) is 0 Å². The minimum Gasteiger partial charge on any atom is -0.390 e. The number of ether oxygens (including phenoxy) is 1. The normalized spacial score (nSPS) is 24.1. The Morgan fingerprint density at radius 1 is 1.42 bits per heavy atom. The van der Waals surface area contributed by atoms with E-state index in [-0.39, 0.29) is 12.1 Å². The second-order valence-electron chi connectivity index (χ2n) is 5.36. The van der Waals surface area contributed by atoms with Crippen LogP contribution in [0.5, 0.6) is 0 Å². The molecule has 1 aliphatic rings. The molecule has 1 fully saturated rings. The van der Waals surface area contributed by atoms with E-state index in [4.69, 9.17) is 10.5 Å². The molecular formula is C15H24N2O2. The Bertz CT molecular complexity index is 372. The lowest BCUT2D eigenvalue weighted by atomic mass is 10.0. The molecule has 1 aromatic carbocycles. The molecule has 2 rings (SSSR count). The fourth-order valence-corrected chi connectivity index (χ4v) is 2.48. The summed E-state index contributed by atoms with van der Waals surface area (Å²) < 4.78 is 5.49. The van der Waals surface area contributed by atoms with Gasteiger partial charge in [0.15, 0.2) is 0 Å². The molecule has 3 unspecified atom stereocenters. The second-order valence-corrected chi connectivity index (χ2v) is 5.36. The number of nitrogens with zero attached hydrogens (tertiary/aromatic N) is 1. The zero-order chi connectivity index (χ0) is 13.7. The van der Waals surface area contributed by atoms with Crippen molar-refractivity contribution in [3.63, 3.8) is 0 Å². The predicted molar refractivity (Wildman–Crippen MR) is 76.0 cm³/mol. The maximum absolute atomic E-state index is 10.2. The molecule has 1 aromatic rings. The average Bonchev–Trinajstić information content (AvgIpc) is 2.40. The molecule has 0 saturated carbocycles. The lowest BCUT2D eigenvalue weighted by molar-refractivity contribution is -0.0340. The summed E-state index contributed by atoms with van der Waals surface area (Å²) in [5.74, 6) is 0. The largest absolute Gasteiger partial charge is 0.390 e. The molecule has 106 valence electrons. The minimum absolute atomic E-state index is 0.222. The highest BCUT2D eigenvalue weighted by Crippen LogP contribution is 2.09. The van der Waals surface area contributed by atoms with Crippen molar-refractivity contribution in [2.45, 2.75) is 31.6 Å². The smallest absolute Gasteiger partial charge is 0.0820 e. The Balaban J connectivity index is 1.80. The third kappa shape index (κ3) is 4.58. The van der Waals surface area contributed by atoms with Crippen molar-refractivity contribution in [2.24, 2.45) is 5.73 Å². The van der Waals surface area contributed by atoms with E-state index >= 15 is 0 Å². The fourth-order valence-electron chi connectivity index (χ4n) is 2.48. The highest BCUT2D eigenvalue weighted by Gasteiger charge is 2.22. The van der Waals surface area contributed by atoms with Crippen molar-refractivity contribution in [3.05, 3.63) is 35.9 Å². The molecule has 3 atom stereocenters. The van der Waals surface area contributed by atoms with Gasteiger partial charge >= 0.3 is 0 Å². The van der Waals surface area contributed by atoms with Crippen LogP contribution in [0.25, 0.3) is 0 Å². The van der Waals surface area contributed by atoms with Gasteiger partial charge in [-0.25, -0.2) is 0 Å². The van der Waals surface area contributed by atoms with Crippen LogP contribution in [0.3, 0.4) is 0 Å². The third-order valence-corrected chi connectivity index (χ3v) is 3.58. The van der Waals surface area contributed by atoms with Gasteiger partial charge in [-0.1, -0.05) is 30.3 Å². The first-order valence-corrected chi connectivity index (χ1v) is 6.96. The lowest BCUT2D eigenvalue weighted by Crippen LogP contribution is -2.49. The van der Waals surface area contributed by atoms with Crippen LogP contribution in [-0.4, -0.2) is 54.5 Å². The number of rotatable bonds is 5. The first-order chi connectivity index (χ1) is 9.15. The van der Waals surface area contributed by atoms with Gasteiger partial charge in [-0.3, -0.25) is 4.90 Å². The summed E-state index contributed by atoms with van der Waals surface area (Å²) in [6.45, 7) is 5.17. The number of hydrogen-bond donors (Lipinski definition) is 2. The van der Waals surface area contributed by atoms with E-state index in [2.05, 4.69) is 11.8 Å². The van der Waals surface area contributed by atoms with Gasteiger partial charge in [-0.05, 0) is 18.9 Å². The van der Waals surface area contributed by atoms with E-state index in [0.717, 1.165) is 19.7 Å². The lowest BCUT2D eigenvalue weighted by Gasteiger charge is -2.33. The van der Waals surface area contributed by atoms with Crippen LogP contribution in [0.15, 0.2) is 30.3 Å². The van der Waals surface area contributed by atoms with Crippen LogP contribution in [0.1, 0.15) is 12.5 Å². The first-order valence-electron chi connectivity index (χ1n) is 6.96. The summed E-state index contributed by atoms with van der Waals surface area (Å²) in [5, 5.41) is 10.2. The van der Waals surface area contributed by atoms with Gasteiger partial charge < -0.3 is 15.6 Å². The van der Waals surface area contributed by atoms with Crippen LogP contribution < -0.4 is 5.73 Å². The standard InChI is InChI=1S/C15H24N2O2/c1-12-10-17(7-8-19-12)11-15(18)14(16)9-13-5-3-2-4-6-13/h2-6,12,14-15,18H,7-11,16H2,1H3. The van der Waals surface area contributed by atoms with Crippen LogP contribution >= 0.6 is 0 Å². The number of β-amino-alcohol motifs (C(OH)–C–C–N with tert-alkyl or cyclic N) is 1. The Labute approximate surface area is 115 Å². The minimum atomic E-state index is -0.495. The number of aliphatic hydroxyl groups excluding tert-OH is 1. The Morgan fingerprint density at radius 3 is 2.84 bits per heavy atom. The molecule has 0 aliphatic carbocycles. The van der Waals surface area contributed by atoms with Gasteiger partial charge in [0.2, 0.25) is 0 Å². The summed E-state index contributed by atoms with van der Waals surface area (Å²) in [6, 6.07) is 9.85. The summed E-state index contributed by atoms with van der Waals surface area (Å²) in [4.78, 5) is 2.23. The molecule has 19 heavy (non-hydrogen) atoms. The monoisotopic (exact) mass is 264 g/mol. The van der Waals surface area contributed by atoms with Gasteiger partial charge in [0.25, 0.3) is 0 Å². The van der Waals surface area contributed by atoms with Crippen molar-refractivity contribution >= 4 is 0 Å². The van der Waals surface area contributed by atoms with Gasteiger partial charge in [-0.15, -0.1) is 0 Å². The average molecular weight is 264 g/mol. The molecule has 1 aliphatic heterocycles. The summed E-state index contributed by atoms with van der Waals surface area (Å²) >= 11 is 0. The quantitative estimate of drug-likeness (QED) is 0.819. The Kier molecular flexibility index (Phi) is 5.34. The number of hydrogen-bond acceptors (Lipinski definition) is 4. The van der Waals surface area contributed by atoms with E-state index in [1.54, 1.807) is 0 Å². The van der Waals surface area contributed by atoms with Crippen molar-refractivity contribution in [1.29, 1.82) is 0 Å². The van der Waals surface area contributed by atoms with E-state index < -0.39 is 6.10 Å². The number of nitrogens with two attached hydrogens (primary N) is 1. The maximum atomic E-state index is 10.2. The molecule has 3 N–H and O–H groups in total. The van der Waals surface area contributed by atoms with Gasteiger partial charge in [0.1, 0.15) is 0 Å². The SMILES string of the molecule is CC1CN(CC(O)C(N)Cc2ccccc2)CCO1. The predicted octanol–water partition coefficient (Wildman–Crippen LogP) is 0.638. The topological polar surface area (TPSA) is 58.7 Å². The van der Waals surface area contributed by atoms with Crippen molar-refractivity contribution in [1.82, 2.24) is 4.90 Å². The maximum Gasteiger partial charge on any atom is 0.0820 e. The molecule has 4 heteroatoms. The molecular weight excluding hydrogens is 240 g/mol. The molecule has 1 heterocycles. The van der Waals surface area contributed by atoms with Crippen LogP contribution in [0, 0.1) is 0 Å². The van der Waals surface area contributed by atoms with Crippen molar-refractivity contribution < 1.29 is 9.84 Å². The molecule has 0 aromatic heterocycles. The molecule has 0 amide bonds. The van der Waals surface area contributed by atoms with Crippen LogP contribution in [0.2, 0.25) is 0 Å². The molecule has 0 spiro atoms. The van der Waals surface area contributed by atoms with Crippen molar-refractivity contribution in [2.75, 3.05) is 26.2 Å². The second kappa shape index (κ2) is 7.01. The fraction of sp³-hybridized carbons (Fsp3) is 0.600. The molecule has 0 radical (unpaired) electrons. The summed E-state index contributed by atoms with van der Waals surface area (Å²) in [6.07, 6.45) is 0.457. The zero-order valence-electron chi connectivity index (χ0n) is 11.5. The number of benzene rings is 1. The molecule has 4 nitrogen and oxygen atoms in total. The van der Waals surface area contributed by atoms with Gasteiger partial charge in [-0.2, -0.15) is 0 Å². The molecule has 1 saturated heterocycles. The van der Waals surface area contributed by atoms with Crippen LogP contribution in [-0.2, 0) is 11.2 Å². The van der Waals surface area contributed by atoms with E-state index in [9.17, 15) is 5.11 Å². The number of aliphatic hydroxyl groups is 1. The summed E-state index contributed by atoms with van der Waals surface area (Å²) in [5.41, 5.74) is 7.26. The Hall–Kier alpha value is -0.940.